The van der Waals surface area contributed by atoms with Crippen molar-refractivity contribution in [3.8, 4) is 0 Å². The van der Waals surface area contributed by atoms with Gasteiger partial charge in [-0.2, -0.15) is 0 Å². The van der Waals surface area contributed by atoms with Gasteiger partial charge in [-0.05, 0) is 49.6 Å². The van der Waals surface area contributed by atoms with Crippen molar-refractivity contribution in [1.82, 2.24) is 4.72 Å². The minimum absolute atomic E-state index is 0.187. The molecule has 0 aliphatic carbocycles. The van der Waals surface area contributed by atoms with Crippen LogP contribution < -0.4 is 10.0 Å². The Balaban J connectivity index is 1.86. The van der Waals surface area contributed by atoms with E-state index in [1.165, 1.54) is 30.2 Å². The van der Waals surface area contributed by atoms with Gasteiger partial charge in [-0.25, -0.2) is 13.1 Å². The van der Waals surface area contributed by atoms with E-state index in [-0.39, 0.29) is 10.8 Å². The molecule has 2 aromatic carbocycles. The Morgan fingerprint density at radius 2 is 1.62 bits per heavy atom. The van der Waals surface area contributed by atoms with Crippen LogP contribution in [0.5, 0.6) is 0 Å². The lowest BCUT2D eigenvalue weighted by Crippen LogP contribution is -2.25. The maximum Gasteiger partial charge on any atom is 0.240 e. The standard InChI is InChI=1S/C18H22N2O3S/c1-14-5-7-16(8-6-14)4-3-13-19-24(22,23)18-11-9-17(10-12-18)20-15(2)21/h5-12,19H,3-4,13H2,1-2H3,(H,20,21). The number of anilines is 1. The van der Waals surface area contributed by atoms with Gasteiger partial charge in [0.1, 0.15) is 0 Å². The van der Waals surface area contributed by atoms with Crippen molar-refractivity contribution < 1.29 is 13.2 Å². The Morgan fingerprint density at radius 3 is 2.21 bits per heavy atom. The number of carbonyl (C=O) groups is 1. The number of nitrogens with one attached hydrogen (secondary N) is 2. The molecule has 0 saturated heterocycles. The molecule has 2 rings (SSSR count). The van der Waals surface area contributed by atoms with Gasteiger partial charge in [-0.15, -0.1) is 0 Å². The molecule has 0 heterocycles. The zero-order valence-electron chi connectivity index (χ0n) is 13.9. The first-order valence-corrected chi connectivity index (χ1v) is 9.28. The molecule has 2 N–H and O–H groups in total. The maximum atomic E-state index is 12.2. The van der Waals surface area contributed by atoms with Crippen molar-refractivity contribution in [2.75, 3.05) is 11.9 Å². The lowest BCUT2D eigenvalue weighted by Gasteiger charge is -2.08. The fourth-order valence-electron chi connectivity index (χ4n) is 2.26. The third-order valence-corrected chi connectivity index (χ3v) is 5.02. The zero-order chi connectivity index (χ0) is 17.6. The summed E-state index contributed by atoms with van der Waals surface area (Å²) >= 11 is 0. The van der Waals surface area contributed by atoms with Gasteiger partial charge in [0.2, 0.25) is 15.9 Å². The van der Waals surface area contributed by atoms with E-state index in [9.17, 15) is 13.2 Å². The second-order valence-electron chi connectivity index (χ2n) is 5.69. The lowest BCUT2D eigenvalue weighted by molar-refractivity contribution is -0.114. The van der Waals surface area contributed by atoms with Crippen LogP contribution in [0.3, 0.4) is 0 Å². The van der Waals surface area contributed by atoms with Gasteiger partial charge < -0.3 is 5.32 Å². The highest BCUT2D eigenvalue weighted by Crippen LogP contribution is 2.14. The molecule has 128 valence electrons. The van der Waals surface area contributed by atoms with Gasteiger partial charge in [0.15, 0.2) is 0 Å². The van der Waals surface area contributed by atoms with Crippen LogP contribution in [0, 0.1) is 6.92 Å². The van der Waals surface area contributed by atoms with E-state index in [1.807, 2.05) is 6.92 Å². The summed E-state index contributed by atoms with van der Waals surface area (Å²) in [7, 11) is -3.53. The van der Waals surface area contributed by atoms with Gasteiger partial charge in [0, 0.05) is 19.2 Å². The maximum absolute atomic E-state index is 12.2. The predicted octanol–water partition coefficient (Wildman–Crippen LogP) is 2.86. The zero-order valence-corrected chi connectivity index (χ0v) is 14.7. The first kappa shape index (κ1) is 18.2. The van der Waals surface area contributed by atoms with E-state index in [2.05, 4.69) is 34.3 Å². The molecular weight excluding hydrogens is 324 g/mol. The summed E-state index contributed by atoms with van der Waals surface area (Å²) in [6, 6.07) is 14.3. The molecule has 0 aliphatic heterocycles. The van der Waals surface area contributed by atoms with Gasteiger partial charge in [-0.1, -0.05) is 29.8 Å². The van der Waals surface area contributed by atoms with Crippen molar-refractivity contribution in [2.24, 2.45) is 0 Å². The van der Waals surface area contributed by atoms with Crippen LogP contribution in [0.1, 0.15) is 24.5 Å². The number of sulfonamides is 1. The summed E-state index contributed by atoms with van der Waals surface area (Å²) in [6.45, 7) is 3.82. The van der Waals surface area contributed by atoms with Crippen LogP contribution >= 0.6 is 0 Å². The number of aryl methyl sites for hydroxylation is 2. The summed E-state index contributed by atoms with van der Waals surface area (Å²) in [6.07, 6.45) is 1.55. The fourth-order valence-corrected chi connectivity index (χ4v) is 3.33. The monoisotopic (exact) mass is 346 g/mol. The molecule has 0 aliphatic rings. The minimum atomic E-state index is -3.53. The fraction of sp³-hybridized carbons (Fsp3) is 0.278. The van der Waals surface area contributed by atoms with Crippen LogP contribution in [-0.4, -0.2) is 20.9 Å². The van der Waals surface area contributed by atoms with E-state index in [1.54, 1.807) is 12.1 Å². The molecule has 0 unspecified atom stereocenters. The second kappa shape index (κ2) is 8.08. The van der Waals surface area contributed by atoms with Crippen molar-refractivity contribution in [3.63, 3.8) is 0 Å². The molecule has 5 nitrogen and oxygen atoms in total. The number of benzene rings is 2. The summed E-state index contributed by atoms with van der Waals surface area (Å²) < 4.78 is 27.0. The van der Waals surface area contributed by atoms with E-state index < -0.39 is 10.0 Å². The lowest BCUT2D eigenvalue weighted by atomic mass is 10.1. The van der Waals surface area contributed by atoms with E-state index >= 15 is 0 Å². The Labute approximate surface area is 143 Å². The Hall–Kier alpha value is -2.18. The molecular formula is C18H22N2O3S. The topological polar surface area (TPSA) is 75.3 Å². The minimum Gasteiger partial charge on any atom is -0.326 e. The van der Waals surface area contributed by atoms with E-state index in [0.717, 1.165) is 12.8 Å². The van der Waals surface area contributed by atoms with Crippen LogP contribution in [0.15, 0.2) is 53.4 Å². The Morgan fingerprint density at radius 1 is 1.00 bits per heavy atom. The van der Waals surface area contributed by atoms with Gasteiger partial charge in [0.05, 0.1) is 4.90 Å². The normalized spacial score (nSPS) is 11.2. The molecule has 24 heavy (non-hydrogen) atoms. The molecule has 0 aromatic heterocycles. The van der Waals surface area contributed by atoms with E-state index in [0.29, 0.717) is 12.2 Å². The number of amides is 1. The highest BCUT2D eigenvalue weighted by atomic mass is 32.2. The average molecular weight is 346 g/mol. The molecule has 0 atom stereocenters. The molecule has 0 saturated carbocycles. The average Bonchev–Trinajstić information content (AvgIpc) is 2.53. The molecule has 0 fully saturated rings. The van der Waals surface area contributed by atoms with Crippen molar-refractivity contribution in [3.05, 3.63) is 59.7 Å². The smallest absolute Gasteiger partial charge is 0.240 e. The first-order valence-electron chi connectivity index (χ1n) is 7.80. The van der Waals surface area contributed by atoms with Crippen LogP contribution in [-0.2, 0) is 21.2 Å². The number of hydrogen-bond donors (Lipinski definition) is 2. The third kappa shape index (κ3) is 5.47. The Bertz CT molecular complexity index is 782. The summed E-state index contributed by atoms with van der Waals surface area (Å²) in [4.78, 5) is 11.2. The highest BCUT2D eigenvalue weighted by molar-refractivity contribution is 7.89. The summed E-state index contributed by atoms with van der Waals surface area (Å²) in [5, 5.41) is 2.60. The largest absolute Gasteiger partial charge is 0.326 e. The summed E-state index contributed by atoms with van der Waals surface area (Å²) in [5.74, 6) is -0.195. The first-order chi connectivity index (χ1) is 11.4. The van der Waals surface area contributed by atoms with Crippen LogP contribution in [0.4, 0.5) is 5.69 Å². The summed E-state index contributed by atoms with van der Waals surface area (Å²) in [5.41, 5.74) is 2.97. The molecule has 0 radical (unpaired) electrons. The van der Waals surface area contributed by atoms with Crippen LogP contribution in [0.25, 0.3) is 0 Å². The second-order valence-corrected chi connectivity index (χ2v) is 7.46. The van der Waals surface area contributed by atoms with Crippen molar-refractivity contribution >= 4 is 21.6 Å². The molecule has 0 spiro atoms. The van der Waals surface area contributed by atoms with Crippen molar-refractivity contribution in [2.45, 2.75) is 31.6 Å². The molecule has 1 amide bonds. The van der Waals surface area contributed by atoms with E-state index in [4.69, 9.17) is 0 Å². The number of carbonyl (C=O) groups excluding carboxylic acids is 1. The van der Waals surface area contributed by atoms with Gasteiger partial charge >= 0.3 is 0 Å². The van der Waals surface area contributed by atoms with Crippen LogP contribution in [0.2, 0.25) is 0 Å². The molecule has 6 heteroatoms. The Kier molecular flexibility index (Phi) is 6.11. The SMILES string of the molecule is CC(=O)Nc1ccc(S(=O)(=O)NCCCc2ccc(C)cc2)cc1. The highest BCUT2D eigenvalue weighted by Gasteiger charge is 2.13. The van der Waals surface area contributed by atoms with Gasteiger partial charge in [0.25, 0.3) is 0 Å². The third-order valence-electron chi connectivity index (χ3n) is 3.54. The van der Waals surface area contributed by atoms with Gasteiger partial charge in [-0.3, -0.25) is 4.79 Å². The number of hydrogen-bond acceptors (Lipinski definition) is 3. The molecule has 2 aromatic rings. The number of rotatable bonds is 7. The quantitative estimate of drug-likeness (QED) is 0.757. The molecule has 0 bridgehead atoms. The predicted molar refractivity (Wildman–Crippen MR) is 95.4 cm³/mol. The van der Waals surface area contributed by atoms with Crippen molar-refractivity contribution in [1.29, 1.82) is 0 Å².